The maximum absolute atomic E-state index is 4.46. The van der Waals surface area contributed by atoms with Gasteiger partial charge in [-0.1, -0.05) is 27.7 Å². The minimum atomic E-state index is 0.250. The van der Waals surface area contributed by atoms with Crippen LogP contribution in [0.2, 0.25) is 0 Å². The zero-order chi connectivity index (χ0) is 15.3. The van der Waals surface area contributed by atoms with Crippen LogP contribution in [-0.2, 0) is 6.54 Å². The summed E-state index contributed by atoms with van der Waals surface area (Å²) in [6, 6.07) is 2.67. The summed E-state index contributed by atoms with van der Waals surface area (Å²) >= 11 is 0. The molecule has 1 heterocycles. The van der Waals surface area contributed by atoms with E-state index in [1.54, 1.807) is 0 Å². The molecule has 1 aromatic heterocycles. The van der Waals surface area contributed by atoms with Gasteiger partial charge >= 0.3 is 0 Å². The predicted molar refractivity (Wildman–Crippen MR) is 88.3 cm³/mol. The van der Waals surface area contributed by atoms with Gasteiger partial charge in [0.05, 0.1) is 0 Å². The van der Waals surface area contributed by atoms with Gasteiger partial charge in [-0.3, -0.25) is 4.98 Å². The molecule has 0 aliphatic carbocycles. The van der Waals surface area contributed by atoms with E-state index in [1.165, 1.54) is 11.3 Å². The Morgan fingerprint density at radius 3 is 2.55 bits per heavy atom. The molecule has 1 N–H and O–H groups in total. The summed E-state index contributed by atoms with van der Waals surface area (Å²) in [6.07, 6.45) is 3.17. The van der Waals surface area contributed by atoms with E-state index < -0.39 is 0 Å². The highest BCUT2D eigenvalue weighted by Crippen LogP contribution is 2.29. The Morgan fingerprint density at radius 1 is 1.35 bits per heavy atom. The molecule has 114 valence electrons. The van der Waals surface area contributed by atoms with Gasteiger partial charge in [0.2, 0.25) is 0 Å². The second-order valence-corrected chi connectivity index (χ2v) is 6.78. The van der Waals surface area contributed by atoms with Crippen LogP contribution in [0.4, 0.5) is 5.69 Å². The van der Waals surface area contributed by atoms with E-state index in [0.29, 0.717) is 6.04 Å². The van der Waals surface area contributed by atoms with Gasteiger partial charge in [0, 0.05) is 42.8 Å². The van der Waals surface area contributed by atoms with Gasteiger partial charge in [-0.2, -0.15) is 0 Å². The summed E-state index contributed by atoms with van der Waals surface area (Å²) < 4.78 is 0. The molecule has 1 atom stereocenters. The SMILES string of the molecule is CCCNCc1cnc(C)cc1N(C)C(C)C(C)(C)C. The van der Waals surface area contributed by atoms with Crippen molar-refractivity contribution in [2.75, 3.05) is 18.5 Å². The quantitative estimate of drug-likeness (QED) is 0.802. The van der Waals surface area contributed by atoms with Gasteiger partial charge in [0.15, 0.2) is 0 Å². The third kappa shape index (κ3) is 4.48. The summed E-state index contributed by atoms with van der Waals surface area (Å²) in [7, 11) is 2.19. The number of nitrogens with zero attached hydrogens (tertiary/aromatic N) is 2. The molecule has 0 bridgehead atoms. The Morgan fingerprint density at radius 2 is 2.00 bits per heavy atom. The van der Waals surface area contributed by atoms with E-state index in [-0.39, 0.29) is 5.41 Å². The fourth-order valence-corrected chi connectivity index (χ4v) is 2.23. The lowest BCUT2D eigenvalue weighted by Gasteiger charge is -2.38. The second kappa shape index (κ2) is 7.07. The van der Waals surface area contributed by atoms with Crippen LogP contribution in [0.15, 0.2) is 12.3 Å². The summed E-state index contributed by atoms with van der Waals surface area (Å²) in [6.45, 7) is 15.3. The van der Waals surface area contributed by atoms with Gasteiger partial charge in [0.25, 0.3) is 0 Å². The number of anilines is 1. The van der Waals surface area contributed by atoms with E-state index in [9.17, 15) is 0 Å². The number of aryl methyl sites for hydroxylation is 1. The van der Waals surface area contributed by atoms with Crippen LogP contribution < -0.4 is 10.2 Å². The van der Waals surface area contributed by atoms with Crippen molar-refractivity contribution >= 4 is 5.69 Å². The van der Waals surface area contributed by atoms with Crippen molar-refractivity contribution in [2.45, 2.75) is 60.5 Å². The molecule has 0 amide bonds. The lowest BCUT2D eigenvalue weighted by Crippen LogP contribution is -2.40. The van der Waals surface area contributed by atoms with Crippen LogP contribution in [0.25, 0.3) is 0 Å². The van der Waals surface area contributed by atoms with Gasteiger partial charge in [-0.05, 0) is 38.3 Å². The molecule has 1 rings (SSSR count). The molecule has 3 nitrogen and oxygen atoms in total. The van der Waals surface area contributed by atoms with E-state index >= 15 is 0 Å². The molecule has 0 fully saturated rings. The Hall–Kier alpha value is -1.09. The number of aromatic nitrogens is 1. The normalized spacial score (nSPS) is 13.3. The smallest absolute Gasteiger partial charge is 0.0445 e. The summed E-state index contributed by atoms with van der Waals surface area (Å²) in [5.41, 5.74) is 3.90. The first kappa shape index (κ1) is 17.0. The van der Waals surface area contributed by atoms with Crippen molar-refractivity contribution in [3.8, 4) is 0 Å². The molecule has 0 saturated heterocycles. The molecule has 0 radical (unpaired) electrons. The van der Waals surface area contributed by atoms with Crippen LogP contribution >= 0.6 is 0 Å². The highest BCUT2D eigenvalue weighted by molar-refractivity contribution is 5.54. The average molecular weight is 277 g/mol. The lowest BCUT2D eigenvalue weighted by atomic mass is 9.86. The van der Waals surface area contributed by atoms with Crippen molar-refractivity contribution in [1.82, 2.24) is 10.3 Å². The predicted octanol–water partition coefficient (Wildman–Crippen LogP) is 3.76. The number of hydrogen-bond acceptors (Lipinski definition) is 3. The Kier molecular flexibility index (Phi) is 6.00. The van der Waals surface area contributed by atoms with Gasteiger partial charge < -0.3 is 10.2 Å². The van der Waals surface area contributed by atoms with E-state index in [2.05, 4.69) is 69.9 Å². The number of nitrogens with one attached hydrogen (secondary N) is 1. The van der Waals surface area contributed by atoms with Crippen molar-refractivity contribution in [2.24, 2.45) is 5.41 Å². The van der Waals surface area contributed by atoms with Crippen LogP contribution in [0.3, 0.4) is 0 Å². The zero-order valence-electron chi connectivity index (χ0n) is 14.2. The highest BCUT2D eigenvalue weighted by Gasteiger charge is 2.25. The maximum Gasteiger partial charge on any atom is 0.0445 e. The monoisotopic (exact) mass is 277 g/mol. The van der Waals surface area contributed by atoms with Gasteiger partial charge in [-0.15, -0.1) is 0 Å². The fraction of sp³-hybridized carbons (Fsp3) is 0.706. The standard InChI is InChI=1S/C17H31N3/c1-8-9-18-11-15-12-19-13(2)10-16(15)20(7)14(3)17(4,5)6/h10,12,14,18H,8-9,11H2,1-7H3. The molecule has 0 aromatic carbocycles. The summed E-state index contributed by atoms with van der Waals surface area (Å²) in [5.74, 6) is 0. The number of rotatable bonds is 6. The first-order valence-electron chi connectivity index (χ1n) is 7.66. The van der Waals surface area contributed by atoms with Crippen molar-refractivity contribution < 1.29 is 0 Å². The number of hydrogen-bond donors (Lipinski definition) is 1. The third-order valence-corrected chi connectivity index (χ3v) is 4.06. The second-order valence-electron chi connectivity index (χ2n) is 6.78. The first-order valence-corrected chi connectivity index (χ1v) is 7.66. The molecule has 1 aromatic rings. The average Bonchev–Trinajstić information content (AvgIpc) is 2.38. The van der Waals surface area contributed by atoms with Crippen LogP contribution in [0.5, 0.6) is 0 Å². The molecular formula is C17H31N3. The topological polar surface area (TPSA) is 28.2 Å². The summed E-state index contributed by atoms with van der Waals surface area (Å²) in [5, 5.41) is 3.48. The minimum absolute atomic E-state index is 0.250. The first-order chi connectivity index (χ1) is 9.27. The lowest BCUT2D eigenvalue weighted by molar-refractivity contribution is 0.329. The summed E-state index contributed by atoms with van der Waals surface area (Å²) in [4.78, 5) is 6.84. The van der Waals surface area contributed by atoms with Crippen molar-refractivity contribution in [3.05, 3.63) is 23.5 Å². The maximum atomic E-state index is 4.46. The molecule has 0 spiro atoms. The molecule has 0 saturated carbocycles. The molecule has 0 aliphatic heterocycles. The molecule has 1 unspecified atom stereocenters. The highest BCUT2D eigenvalue weighted by atomic mass is 15.1. The number of pyridine rings is 1. The van der Waals surface area contributed by atoms with E-state index in [1.807, 2.05) is 6.20 Å². The molecular weight excluding hydrogens is 246 g/mol. The van der Waals surface area contributed by atoms with Gasteiger partial charge in [-0.25, -0.2) is 0 Å². The van der Waals surface area contributed by atoms with Crippen LogP contribution in [-0.4, -0.2) is 24.6 Å². The Labute approximate surface area is 124 Å². The van der Waals surface area contributed by atoms with Crippen LogP contribution in [0.1, 0.15) is 52.3 Å². The van der Waals surface area contributed by atoms with Crippen molar-refractivity contribution in [1.29, 1.82) is 0 Å². The molecule has 0 aliphatic rings. The Bertz CT molecular complexity index is 421. The zero-order valence-corrected chi connectivity index (χ0v) is 14.2. The van der Waals surface area contributed by atoms with Crippen molar-refractivity contribution in [3.63, 3.8) is 0 Å². The van der Waals surface area contributed by atoms with Gasteiger partial charge in [0.1, 0.15) is 0 Å². The molecule has 3 heteroatoms. The van der Waals surface area contributed by atoms with E-state index in [0.717, 1.165) is 25.2 Å². The largest absolute Gasteiger partial charge is 0.371 e. The fourth-order valence-electron chi connectivity index (χ4n) is 2.23. The van der Waals surface area contributed by atoms with E-state index in [4.69, 9.17) is 0 Å². The third-order valence-electron chi connectivity index (χ3n) is 4.06. The Balaban J connectivity index is 2.99. The molecule has 20 heavy (non-hydrogen) atoms. The minimum Gasteiger partial charge on any atom is -0.371 e. The van der Waals surface area contributed by atoms with Crippen LogP contribution in [0, 0.1) is 12.3 Å².